The van der Waals surface area contributed by atoms with Crippen molar-refractivity contribution in [1.29, 1.82) is 0 Å². The number of ether oxygens (including phenoxy) is 1. The second-order valence-corrected chi connectivity index (χ2v) is 11.5. The number of anilines is 3. The molecule has 1 saturated heterocycles. The monoisotopic (exact) mass is 507 g/mol. The fourth-order valence-electron chi connectivity index (χ4n) is 4.02. The molecule has 3 aromatic heterocycles. The minimum Gasteiger partial charge on any atom is -0.494 e. The Bertz CT molecular complexity index is 1510. The van der Waals surface area contributed by atoms with Crippen molar-refractivity contribution >= 4 is 43.9 Å². The molecular weight excluding hydrogens is 478 g/mol. The molecule has 188 valence electrons. The molecule has 5 rings (SSSR count). The zero-order valence-electron chi connectivity index (χ0n) is 20.7. The summed E-state index contributed by atoms with van der Waals surface area (Å²) < 4.78 is 23.6. The van der Waals surface area contributed by atoms with E-state index >= 15 is 0 Å². The van der Waals surface area contributed by atoms with E-state index in [1.807, 2.05) is 12.1 Å². The van der Waals surface area contributed by atoms with Gasteiger partial charge in [-0.05, 0) is 31.3 Å². The number of piperazine rings is 1. The predicted octanol–water partition coefficient (Wildman–Crippen LogP) is 3.07. The van der Waals surface area contributed by atoms with E-state index in [0.29, 0.717) is 29.0 Å². The van der Waals surface area contributed by atoms with Gasteiger partial charge in [-0.3, -0.25) is 0 Å². The number of aromatic nitrogens is 5. The Hall–Kier alpha value is -3.77. The van der Waals surface area contributed by atoms with E-state index in [2.05, 4.69) is 52.6 Å². The summed E-state index contributed by atoms with van der Waals surface area (Å²) in [4.78, 5) is 18.3. The van der Waals surface area contributed by atoms with E-state index in [9.17, 15) is 4.21 Å². The van der Waals surface area contributed by atoms with Crippen molar-refractivity contribution in [1.82, 2.24) is 29.6 Å². The van der Waals surface area contributed by atoms with Gasteiger partial charge in [-0.1, -0.05) is 6.07 Å². The van der Waals surface area contributed by atoms with Crippen molar-refractivity contribution in [2.24, 2.45) is 4.36 Å². The van der Waals surface area contributed by atoms with Crippen LogP contribution in [0.25, 0.3) is 16.9 Å². The molecule has 1 fully saturated rings. The molecule has 12 heteroatoms. The maximum absolute atomic E-state index is 12.1. The molecule has 0 saturated carbocycles. The third-order valence-corrected chi connectivity index (χ3v) is 6.49. The Labute approximate surface area is 210 Å². The van der Waals surface area contributed by atoms with E-state index in [-0.39, 0.29) is 0 Å². The summed E-state index contributed by atoms with van der Waals surface area (Å²) >= 11 is 0. The number of nitrogens with one attached hydrogen (secondary N) is 1. The average Bonchev–Trinajstić information content (AvgIpc) is 3.27. The van der Waals surface area contributed by atoms with Crippen molar-refractivity contribution in [2.75, 3.05) is 63.1 Å². The summed E-state index contributed by atoms with van der Waals surface area (Å²) in [6.07, 6.45) is 6.53. The van der Waals surface area contributed by atoms with E-state index < -0.39 is 9.73 Å². The van der Waals surface area contributed by atoms with Gasteiger partial charge in [0.1, 0.15) is 5.75 Å². The first-order valence-corrected chi connectivity index (χ1v) is 13.9. The van der Waals surface area contributed by atoms with Crippen LogP contribution in [0.4, 0.5) is 23.1 Å². The van der Waals surface area contributed by atoms with Crippen LogP contribution in [0, 0.1) is 0 Å². The minimum absolute atomic E-state index is 0.378. The third kappa shape index (κ3) is 5.24. The summed E-state index contributed by atoms with van der Waals surface area (Å²) in [5.41, 5.74) is 2.47. The van der Waals surface area contributed by atoms with Gasteiger partial charge in [-0.2, -0.15) is 19.1 Å². The normalized spacial score (nSPS) is 14.7. The molecule has 0 atom stereocenters. The van der Waals surface area contributed by atoms with Crippen LogP contribution in [-0.2, 0) is 9.73 Å². The highest BCUT2D eigenvalue weighted by Gasteiger charge is 2.17. The number of hydrogen-bond donors (Lipinski definition) is 1. The Morgan fingerprint density at radius 1 is 1.06 bits per heavy atom. The molecule has 0 radical (unpaired) electrons. The maximum atomic E-state index is 12.1. The Morgan fingerprint density at radius 3 is 2.61 bits per heavy atom. The van der Waals surface area contributed by atoms with Gasteiger partial charge >= 0.3 is 0 Å². The van der Waals surface area contributed by atoms with Crippen molar-refractivity contribution in [3.05, 3.63) is 48.8 Å². The molecule has 0 bridgehead atoms. The van der Waals surface area contributed by atoms with Crippen molar-refractivity contribution in [3.8, 4) is 11.6 Å². The third-order valence-electron chi connectivity index (χ3n) is 5.86. The van der Waals surface area contributed by atoms with Crippen LogP contribution in [-0.4, -0.2) is 86.7 Å². The largest absolute Gasteiger partial charge is 0.494 e. The molecule has 0 aliphatic carbocycles. The molecule has 4 aromatic rings. The first kappa shape index (κ1) is 23.9. The molecule has 4 heterocycles. The Kier molecular flexibility index (Phi) is 6.46. The number of pyridine rings is 1. The van der Waals surface area contributed by atoms with Crippen LogP contribution >= 0.6 is 0 Å². The summed E-state index contributed by atoms with van der Waals surface area (Å²) in [6.45, 7) is 4.02. The quantitative estimate of drug-likeness (QED) is 0.420. The standard InChI is InChI=1S/C24H29N9O2S/c1-31-10-12-32(13-11-31)18-8-9-19(20(14-18)35-2)27-24-25-15-17-16-26-33(23(17)29-24)22-7-5-6-21(28-22)30-36(3,4)34/h5-9,14-16H,10-13H2,1-4H3,(H,25,27,29). The van der Waals surface area contributed by atoms with Gasteiger partial charge in [-0.15, -0.1) is 0 Å². The Balaban J connectivity index is 1.44. The van der Waals surface area contributed by atoms with Gasteiger partial charge in [0.15, 0.2) is 17.3 Å². The molecule has 1 aromatic carbocycles. The zero-order valence-corrected chi connectivity index (χ0v) is 21.6. The van der Waals surface area contributed by atoms with E-state index in [4.69, 9.17) is 4.74 Å². The molecule has 11 nitrogen and oxygen atoms in total. The van der Waals surface area contributed by atoms with Crippen LogP contribution in [0.1, 0.15) is 0 Å². The lowest BCUT2D eigenvalue weighted by Gasteiger charge is -2.34. The minimum atomic E-state index is -2.34. The van der Waals surface area contributed by atoms with Crippen molar-refractivity contribution in [2.45, 2.75) is 0 Å². The second-order valence-electron chi connectivity index (χ2n) is 8.96. The van der Waals surface area contributed by atoms with Gasteiger partial charge in [0.25, 0.3) is 0 Å². The van der Waals surface area contributed by atoms with Crippen LogP contribution in [0.2, 0.25) is 0 Å². The lowest BCUT2D eigenvalue weighted by atomic mass is 10.2. The smallest absolute Gasteiger partial charge is 0.229 e. The summed E-state index contributed by atoms with van der Waals surface area (Å²) in [6, 6.07) is 11.4. The van der Waals surface area contributed by atoms with Crippen molar-refractivity contribution < 1.29 is 8.95 Å². The first-order valence-electron chi connectivity index (χ1n) is 11.5. The van der Waals surface area contributed by atoms with Gasteiger partial charge in [0.05, 0.1) is 24.4 Å². The molecule has 1 N–H and O–H groups in total. The van der Waals surface area contributed by atoms with Crippen LogP contribution in [0.15, 0.2) is 53.2 Å². The second kappa shape index (κ2) is 9.70. The van der Waals surface area contributed by atoms with Crippen LogP contribution < -0.4 is 15.0 Å². The molecule has 0 spiro atoms. The molecule has 0 unspecified atom stereocenters. The first-order chi connectivity index (χ1) is 17.3. The average molecular weight is 508 g/mol. The van der Waals surface area contributed by atoms with E-state index in [1.165, 1.54) is 0 Å². The lowest BCUT2D eigenvalue weighted by Crippen LogP contribution is -2.44. The van der Waals surface area contributed by atoms with E-state index in [1.54, 1.807) is 54.9 Å². The molecule has 36 heavy (non-hydrogen) atoms. The highest BCUT2D eigenvalue weighted by atomic mass is 32.2. The van der Waals surface area contributed by atoms with Gasteiger partial charge in [0.2, 0.25) is 5.95 Å². The fraction of sp³-hybridized carbons (Fsp3) is 0.333. The molecule has 1 aliphatic heterocycles. The molecule has 0 amide bonds. The summed E-state index contributed by atoms with van der Waals surface area (Å²) in [5.74, 6) is 2.01. The Morgan fingerprint density at radius 2 is 1.86 bits per heavy atom. The number of nitrogens with zero attached hydrogens (tertiary/aromatic N) is 8. The number of likely N-dealkylation sites (N-methyl/N-ethyl adjacent to an activating group) is 1. The molecule has 1 aliphatic rings. The molecular formula is C24H29N9O2S. The van der Waals surface area contributed by atoms with Gasteiger partial charge in [-0.25, -0.2) is 14.2 Å². The topological polar surface area (TPSA) is 114 Å². The zero-order chi connectivity index (χ0) is 25.3. The van der Waals surface area contributed by atoms with Crippen molar-refractivity contribution in [3.63, 3.8) is 0 Å². The number of hydrogen-bond acceptors (Lipinski definition) is 10. The van der Waals surface area contributed by atoms with Gasteiger partial charge < -0.3 is 19.9 Å². The van der Waals surface area contributed by atoms with Crippen LogP contribution in [0.3, 0.4) is 0 Å². The number of benzene rings is 1. The van der Waals surface area contributed by atoms with E-state index in [0.717, 1.165) is 42.9 Å². The number of methoxy groups -OCH3 is 1. The highest BCUT2D eigenvalue weighted by Crippen LogP contribution is 2.32. The summed E-state index contributed by atoms with van der Waals surface area (Å²) in [5, 5.41) is 8.46. The lowest BCUT2D eigenvalue weighted by molar-refractivity contribution is 0.312. The predicted molar refractivity (Wildman–Crippen MR) is 143 cm³/mol. The fourth-order valence-corrected chi connectivity index (χ4v) is 4.57. The number of rotatable bonds is 6. The maximum Gasteiger partial charge on any atom is 0.229 e. The van der Waals surface area contributed by atoms with Crippen LogP contribution in [0.5, 0.6) is 5.75 Å². The summed E-state index contributed by atoms with van der Waals surface area (Å²) in [7, 11) is 1.46. The number of fused-ring (bicyclic) bond motifs is 1. The van der Waals surface area contributed by atoms with Gasteiger partial charge in [0, 0.05) is 66.4 Å². The highest BCUT2D eigenvalue weighted by molar-refractivity contribution is 7.92. The SMILES string of the molecule is COc1cc(N2CCN(C)CC2)ccc1Nc1ncc2cnn(-c3cccc(N=S(C)(C)=O)n3)c2n1.